The largest absolute Gasteiger partial charge is 0.456 e. The van der Waals surface area contributed by atoms with Gasteiger partial charge in [-0.3, -0.25) is 14.4 Å². The molecule has 2 saturated heterocycles. The zero-order chi connectivity index (χ0) is 40.8. The molecule has 1 amide bonds. The molecule has 14 atom stereocenters. The van der Waals surface area contributed by atoms with Crippen molar-refractivity contribution in [3.63, 3.8) is 0 Å². The Balaban J connectivity index is 1.74. The number of hydrogen-bond donors (Lipinski definition) is 5. The SMILES string of the molecule is C=CC[C@@H]1/C=C(\C)C[C@H](C)C[C@H](OC)[C@H](O)C2CC(C)C(O)(O2)C(=O)C(=O)N2CCCC[C@H]2C(=O)O[C@H](/C(C)=C/[C@@H]2CC[C@@H](O)[C@H](O)C2)[C@H](C)[C@@H](O)CC1=O. The normalized spacial score (nSPS) is 42.0. The number of carbonyl (C=O) groups excluding carboxylic acids is 4. The summed E-state index contributed by atoms with van der Waals surface area (Å²) in [4.78, 5) is 56.9. The molecule has 3 heterocycles. The molecule has 13 heteroatoms. The van der Waals surface area contributed by atoms with Gasteiger partial charge in [-0.1, -0.05) is 44.6 Å². The van der Waals surface area contributed by atoms with E-state index in [-0.39, 0.29) is 43.4 Å². The van der Waals surface area contributed by atoms with E-state index in [0.29, 0.717) is 56.9 Å². The predicted molar refractivity (Wildman–Crippen MR) is 203 cm³/mol. The first-order valence-electron chi connectivity index (χ1n) is 20.1. The number of rotatable bonds is 5. The maximum atomic E-state index is 14.1. The molecule has 1 aliphatic carbocycles. The molecule has 0 aromatic carbocycles. The minimum Gasteiger partial charge on any atom is -0.456 e. The highest BCUT2D eigenvalue weighted by atomic mass is 16.7. The van der Waals surface area contributed by atoms with Crippen LogP contribution in [0.4, 0.5) is 0 Å². The van der Waals surface area contributed by atoms with Crippen molar-refractivity contribution in [2.45, 2.75) is 160 Å². The van der Waals surface area contributed by atoms with Crippen molar-refractivity contribution < 1.29 is 58.9 Å². The lowest BCUT2D eigenvalue weighted by atomic mass is 9.82. The van der Waals surface area contributed by atoms with E-state index in [9.17, 15) is 44.7 Å². The van der Waals surface area contributed by atoms with Crippen LogP contribution < -0.4 is 0 Å². The average Bonchev–Trinajstić information content (AvgIpc) is 3.46. The van der Waals surface area contributed by atoms with Crippen molar-refractivity contribution in [3.05, 3.63) is 36.0 Å². The van der Waals surface area contributed by atoms with Gasteiger partial charge in [0.25, 0.3) is 11.7 Å². The van der Waals surface area contributed by atoms with Gasteiger partial charge < -0.3 is 44.6 Å². The molecule has 55 heavy (non-hydrogen) atoms. The number of ether oxygens (including phenoxy) is 3. The van der Waals surface area contributed by atoms with E-state index >= 15 is 0 Å². The number of ketones is 2. The Kier molecular flexibility index (Phi) is 16.0. The molecule has 0 aromatic heterocycles. The van der Waals surface area contributed by atoms with Gasteiger partial charge >= 0.3 is 5.97 Å². The van der Waals surface area contributed by atoms with Gasteiger partial charge in [-0.15, -0.1) is 6.58 Å². The fourth-order valence-electron chi connectivity index (χ4n) is 8.96. The molecule has 0 spiro atoms. The van der Waals surface area contributed by atoms with Crippen LogP contribution in [-0.4, -0.2) is 122 Å². The van der Waals surface area contributed by atoms with E-state index in [1.54, 1.807) is 26.8 Å². The summed E-state index contributed by atoms with van der Waals surface area (Å²) in [7, 11) is 1.46. The molecular formula is C42H65NO12. The van der Waals surface area contributed by atoms with Crippen LogP contribution in [0.3, 0.4) is 0 Å². The number of hydrogen-bond acceptors (Lipinski definition) is 12. The summed E-state index contributed by atoms with van der Waals surface area (Å²) in [5.41, 5.74) is 1.50. The van der Waals surface area contributed by atoms with Crippen molar-refractivity contribution in [3.8, 4) is 0 Å². The number of carbonyl (C=O) groups is 4. The van der Waals surface area contributed by atoms with Crippen LogP contribution in [0.1, 0.15) is 105 Å². The Morgan fingerprint density at radius 3 is 2.35 bits per heavy atom. The molecule has 0 radical (unpaired) electrons. The van der Waals surface area contributed by atoms with E-state index in [4.69, 9.17) is 14.2 Å². The number of esters is 1. The minimum absolute atomic E-state index is 0.0190. The molecule has 1 saturated carbocycles. The summed E-state index contributed by atoms with van der Waals surface area (Å²) < 4.78 is 17.7. The van der Waals surface area contributed by atoms with Gasteiger partial charge in [0.15, 0.2) is 0 Å². The maximum absolute atomic E-state index is 14.1. The third-order valence-electron chi connectivity index (χ3n) is 12.3. The Labute approximate surface area is 325 Å². The molecule has 5 N–H and O–H groups in total. The van der Waals surface area contributed by atoms with Crippen molar-refractivity contribution >= 4 is 23.4 Å². The van der Waals surface area contributed by atoms with Gasteiger partial charge in [0.2, 0.25) is 5.79 Å². The number of fused-ring (bicyclic) bond motifs is 3. The van der Waals surface area contributed by atoms with Crippen LogP contribution in [0.5, 0.6) is 0 Å². The molecule has 310 valence electrons. The molecule has 2 bridgehead atoms. The Morgan fingerprint density at radius 2 is 1.69 bits per heavy atom. The van der Waals surface area contributed by atoms with Crippen LogP contribution in [-0.2, 0) is 33.4 Å². The molecule has 3 fully saturated rings. The van der Waals surface area contributed by atoms with Gasteiger partial charge in [0, 0.05) is 37.8 Å². The first kappa shape index (κ1) is 44.9. The third-order valence-corrected chi connectivity index (χ3v) is 12.3. The Morgan fingerprint density at radius 1 is 0.982 bits per heavy atom. The fourth-order valence-corrected chi connectivity index (χ4v) is 8.96. The summed E-state index contributed by atoms with van der Waals surface area (Å²) in [5, 5.41) is 55.1. The van der Waals surface area contributed by atoms with Gasteiger partial charge in [-0.25, -0.2) is 4.79 Å². The third kappa shape index (κ3) is 10.8. The number of cyclic esters (lactones) is 1. The monoisotopic (exact) mass is 775 g/mol. The lowest BCUT2D eigenvalue weighted by Gasteiger charge is -2.37. The number of piperidine rings is 1. The summed E-state index contributed by atoms with van der Waals surface area (Å²) in [6.07, 6.45) is 2.09. The van der Waals surface area contributed by atoms with E-state index in [1.165, 1.54) is 7.11 Å². The zero-order valence-electron chi connectivity index (χ0n) is 33.5. The number of amides is 1. The van der Waals surface area contributed by atoms with Gasteiger partial charge in [-0.2, -0.15) is 0 Å². The summed E-state index contributed by atoms with van der Waals surface area (Å²) in [5.74, 6) is -8.26. The van der Waals surface area contributed by atoms with Crippen LogP contribution in [0.25, 0.3) is 0 Å². The summed E-state index contributed by atoms with van der Waals surface area (Å²) in [6, 6.07) is -1.18. The number of aliphatic hydroxyl groups is 5. The van der Waals surface area contributed by atoms with Crippen molar-refractivity contribution in [2.24, 2.45) is 29.6 Å². The lowest BCUT2D eigenvalue weighted by Crippen LogP contribution is -2.57. The number of allylic oxidation sites excluding steroid dienone is 4. The second kappa shape index (κ2) is 19.6. The second-order valence-electron chi connectivity index (χ2n) is 16.9. The Hall–Kier alpha value is -2.78. The topological polar surface area (TPSA) is 200 Å². The van der Waals surface area contributed by atoms with Gasteiger partial charge in [-0.05, 0) is 95.5 Å². The van der Waals surface area contributed by atoms with Crippen molar-refractivity contribution in [2.75, 3.05) is 13.7 Å². The number of nitrogens with zero attached hydrogens (tertiary/aromatic N) is 1. The van der Waals surface area contributed by atoms with Crippen molar-refractivity contribution in [1.29, 1.82) is 0 Å². The molecule has 4 rings (SSSR count). The van der Waals surface area contributed by atoms with Gasteiger partial charge in [0.05, 0.1) is 30.5 Å². The highest BCUT2D eigenvalue weighted by Gasteiger charge is 2.57. The fraction of sp³-hybridized carbons (Fsp3) is 0.762. The quantitative estimate of drug-likeness (QED) is 0.155. The van der Waals surface area contributed by atoms with Crippen LogP contribution in [0, 0.1) is 29.6 Å². The van der Waals surface area contributed by atoms with E-state index in [2.05, 4.69) is 6.58 Å². The molecular weight excluding hydrogens is 710 g/mol. The predicted octanol–water partition coefficient (Wildman–Crippen LogP) is 3.33. The van der Waals surface area contributed by atoms with E-state index in [1.807, 2.05) is 26.0 Å². The standard InChI is InChI=1S/C42H65NO12/c1-8-11-29-17-23(2)16-24(3)18-35(53-7)37(48)36-20-26(5)42(52,55-36)39(49)40(50)43-15-10-9-12-30(43)41(51)54-38(27(6)32(45)22-33(29)46)25(4)19-28-13-14-31(44)34(47)21-28/h8,17,19,24,26-32,34-38,44-45,47-48,52H,1,9-16,18,20-22H2,2-7H3/b23-17+,25-19+/t24-,26?,27+,28-,29+,30-,31+,32-,34+,35-,36?,37-,38+,42?/m0/s1. The van der Waals surface area contributed by atoms with Crippen molar-refractivity contribution in [1.82, 2.24) is 4.90 Å². The average molecular weight is 776 g/mol. The molecule has 0 aromatic rings. The number of aliphatic hydroxyl groups excluding tert-OH is 4. The first-order chi connectivity index (χ1) is 25.9. The van der Waals surface area contributed by atoms with Crippen LogP contribution in [0.2, 0.25) is 0 Å². The van der Waals surface area contributed by atoms with Crippen LogP contribution >= 0.6 is 0 Å². The maximum Gasteiger partial charge on any atom is 0.329 e. The molecule has 3 aliphatic heterocycles. The second-order valence-corrected chi connectivity index (χ2v) is 16.9. The lowest BCUT2D eigenvalue weighted by molar-refractivity contribution is -0.225. The highest BCUT2D eigenvalue weighted by Crippen LogP contribution is 2.39. The summed E-state index contributed by atoms with van der Waals surface area (Å²) in [6.45, 7) is 12.8. The zero-order valence-corrected chi connectivity index (χ0v) is 33.5. The number of Topliss-reactive ketones (excluding diaryl/α,β-unsaturated/α-hetero) is 2. The van der Waals surface area contributed by atoms with Gasteiger partial charge in [0.1, 0.15) is 24.0 Å². The molecule has 4 aliphatic rings. The summed E-state index contributed by atoms with van der Waals surface area (Å²) >= 11 is 0. The minimum atomic E-state index is -2.54. The molecule has 3 unspecified atom stereocenters. The van der Waals surface area contributed by atoms with Crippen LogP contribution in [0.15, 0.2) is 36.0 Å². The highest BCUT2D eigenvalue weighted by molar-refractivity contribution is 6.39. The Bertz CT molecular complexity index is 1440. The smallest absolute Gasteiger partial charge is 0.329 e. The van der Waals surface area contributed by atoms with E-state index < -0.39 is 90.0 Å². The first-order valence-corrected chi connectivity index (χ1v) is 20.1. The number of methoxy groups -OCH3 is 1. The van der Waals surface area contributed by atoms with E-state index in [0.717, 1.165) is 10.5 Å². The molecule has 13 nitrogen and oxygen atoms in total.